The van der Waals surface area contributed by atoms with Gasteiger partial charge in [0.1, 0.15) is 11.8 Å². The van der Waals surface area contributed by atoms with Crippen molar-refractivity contribution in [3.63, 3.8) is 0 Å². The molecule has 2 amide bonds. The van der Waals surface area contributed by atoms with Gasteiger partial charge in [-0.3, -0.25) is 9.59 Å². The molecule has 2 heterocycles. The average molecular weight is 328 g/mol. The molecule has 1 aromatic rings. The van der Waals surface area contributed by atoms with Crippen LogP contribution < -0.4 is 5.32 Å². The highest BCUT2D eigenvalue weighted by molar-refractivity contribution is 7.91. The van der Waals surface area contributed by atoms with Crippen LogP contribution in [-0.4, -0.2) is 55.8 Å². The number of sulfone groups is 1. The number of amides is 2. The number of nitrogens with zero attached hydrogens (tertiary/aromatic N) is 1. The molecule has 1 saturated heterocycles. The van der Waals surface area contributed by atoms with E-state index >= 15 is 0 Å². The summed E-state index contributed by atoms with van der Waals surface area (Å²) in [5, 5.41) is 2.58. The molecule has 1 aliphatic heterocycles. The molecule has 0 saturated carbocycles. The second-order valence-electron chi connectivity index (χ2n) is 5.29. The van der Waals surface area contributed by atoms with Crippen LogP contribution in [0.5, 0.6) is 0 Å². The fraction of sp³-hybridized carbons (Fsp3) is 0.571. The molecule has 122 valence electrons. The third-order valence-corrected chi connectivity index (χ3v) is 5.22. The van der Waals surface area contributed by atoms with Crippen LogP contribution in [-0.2, 0) is 21.1 Å². The maximum atomic E-state index is 12.2. The Hall–Kier alpha value is -1.83. The molecule has 1 aliphatic rings. The van der Waals surface area contributed by atoms with Gasteiger partial charge in [0.05, 0.1) is 11.5 Å². The molecule has 1 N–H and O–H groups in total. The minimum atomic E-state index is -3.04. The Morgan fingerprint density at radius 3 is 2.50 bits per heavy atom. The number of hydrogen-bond donors (Lipinski definition) is 1. The van der Waals surface area contributed by atoms with Crippen molar-refractivity contribution in [3.05, 3.63) is 23.7 Å². The third-order valence-electron chi connectivity index (χ3n) is 3.61. The molecule has 22 heavy (non-hydrogen) atoms. The Balaban J connectivity index is 1.92. The highest BCUT2D eigenvalue weighted by Crippen LogP contribution is 2.10. The molecule has 0 aliphatic carbocycles. The maximum absolute atomic E-state index is 12.2. The minimum Gasteiger partial charge on any atom is -0.456 e. The van der Waals surface area contributed by atoms with Crippen LogP contribution in [0.4, 0.5) is 0 Å². The highest BCUT2D eigenvalue weighted by Gasteiger charge is 2.29. The van der Waals surface area contributed by atoms with Gasteiger partial charge in [0.15, 0.2) is 15.6 Å². The molecule has 1 atom stereocenters. The molecule has 2 rings (SSSR count). The van der Waals surface area contributed by atoms with Gasteiger partial charge in [0, 0.05) is 19.5 Å². The number of carbonyl (C=O) groups excluding carboxylic acids is 2. The molecule has 8 heteroatoms. The van der Waals surface area contributed by atoms with Gasteiger partial charge in [0.25, 0.3) is 5.91 Å². The lowest BCUT2D eigenvalue weighted by molar-refractivity contribution is -0.132. The van der Waals surface area contributed by atoms with Crippen molar-refractivity contribution in [3.8, 4) is 0 Å². The summed E-state index contributed by atoms with van der Waals surface area (Å²) in [5.74, 6) is 0.0633. The van der Waals surface area contributed by atoms with Crippen LogP contribution in [0.15, 0.2) is 16.5 Å². The zero-order valence-corrected chi connectivity index (χ0v) is 13.5. The first-order valence-electron chi connectivity index (χ1n) is 7.21. The molecule has 1 aromatic heterocycles. The van der Waals surface area contributed by atoms with E-state index in [1.807, 2.05) is 6.92 Å². The average Bonchev–Trinajstić information content (AvgIpc) is 2.95. The number of nitrogens with one attached hydrogen (secondary N) is 1. The van der Waals surface area contributed by atoms with Gasteiger partial charge in [0.2, 0.25) is 5.91 Å². The summed E-state index contributed by atoms with van der Waals surface area (Å²) in [6.45, 7) is 3.83. The predicted molar refractivity (Wildman–Crippen MR) is 80.2 cm³/mol. The van der Waals surface area contributed by atoms with Crippen LogP contribution in [0, 0.1) is 0 Å². The number of hydrogen-bond acceptors (Lipinski definition) is 5. The SMILES string of the molecule is CCc1ccc(C(=O)NC(C)C(=O)N2CCS(=O)(=O)CC2)o1. The van der Waals surface area contributed by atoms with Crippen molar-refractivity contribution in [1.29, 1.82) is 0 Å². The molecular formula is C14H20N2O5S. The van der Waals surface area contributed by atoms with Crippen molar-refractivity contribution < 1.29 is 22.4 Å². The summed E-state index contributed by atoms with van der Waals surface area (Å²) < 4.78 is 28.1. The first kappa shape index (κ1) is 16.5. The summed E-state index contributed by atoms with van der Waals surface area (Å²) in [7, 11) is -3.04. The molecule has 0 radical (unpaired) electrons. The Bertz CT molecular complexity index is 651. The van der Waals surface area contributed by atoms with Crippen molar-refractivity contribution in [2.75, 3.05) is 24.6 Å². The number of rotatable bonds is 4. The fourth-order valence-corrected chi connectivity index (χ4v) is 3.43. The van der Waals surface area contributed by atoms with E-state index in [1.54, 1.807) is 19.1 Å². The number of aryl methyl sites for hydroxylation is 1. The maximum Gasteiger partial charge on any atom is 0.287 e. The molecule has 1 unspecified atom stereocenters. The topological polar surface area (TPSA) is 96.7 Å². The van der Waals surface area contributed by atoms with Gasteiger partial charge < -0.3 is 14.6 Å². The largest absolute Gasteiger partial charge is 0.456 e. The number of carbonyl (C=O) groups is 2. The van der Waals surface area contributed by atoms with Crippen LogP contribution in [0.2, 0.25) is 0 Å². The smallest absolute Gasteiger partial charge is 0.287 e. The van der Waals surface area contributed by atoms with E-state index in [0.29, 0.717) is 12.2 Å². The van der Waals surface area contributed by atoms with E-state index < -0.39 is 21.8 Å². The normalized spacial score (nSPS) is 18.7. The molecule has 0 aromatic carbocycles. The van der Waals surface area contributed by atoms with E-state index in [0.717, 1.165) is 0 Å². The van der Waals surface area contributed by atoms with E-state index in [-0.39, 0.29) is 36.3 Å². The predicted octanol–water partition coefficient (Wildman–Crippen LogP) is 0.217. The highest BCUT2D eigenvalue weighted by atomic mass is 32.2. The van der Waals surface area contributed by atoms with Gasteiger partial charge in [-0.15, -0.1) is 0 Å². The van der Waals surface area contributed by atoms with E-state index in [2.05, 4.69) is 5.32 Å². The van der Waals surface area contributed by atoms with E-state index in [4.69, 9.17) is 4.42 Å². The Morgan fingerprint density at radius 2 is 1.95 bits per heavy atom. The van der Waals surface area contributed by atoms with Gasteiger partial charge in [-0.1, -0.05) is 6.92 Å². The first-order valence-corrected chi connectivity index (χ1v) is 9.03. The monoisotopic (exact) mass is 328 g/mol. The summed E-state index contributed by atoms with van der Waals surface area (Å²) in [5.41, 5.74) is 0. The molecule has 7 nitrogen and oxygen atoms in total. The second kappa shape index (κ2) is 6.51. The fourth-order valence-electron chi connectivity index (χ4n) is 2.23. The second-order valence-corrected chi connectivity index (χ2v) is 7.60. The summed E-state index contributed by atoms with van der Waals surface area (Å²) in [4.78, 5) is 25.7. The van der Waals surface area contributed by atoms with Gasteiger partial charge in [-0.25, -0.2) is 8.42 Å². The van der Waals surface area contributed by atoms with Gasteiger partial charge in [-0.05, 0) is 19.1 Å². The lowest BCUT2D eigenvalue weighted by Gasteiger charge is -2.29. The summed E-state index contributed by atoms with van der Waals surface area (Å²) in [6, 6.07) is 2.55. The quantitative estimate of drug-likeness (QED) is 0.853. The van der Waals surface area contributed by atoms with Crippen molar-refractivity contribution in [1.82, 2.24) is 10.2 Å². The van der Waals surface area contributed by atoms with Crippen molar-refractivity contribution in [2.24, 2.45) is 0 Å². The van der Waals surface area contributed by atoms with Crippen molar-refractivity contribution >= 4 is 21.7 Å². The molecule has 0 bridgehead atoms. The zero-order valence-electron chi connectivity index (χ0n) is 12.7. The summed E-state index contributed by atoms with van der Waals surface area (Å²) >= 11 is 0. The molecule has 1 fully saturated rings. The molecule has 0 spiro atoms. The Morgan fingerprint density at radius 1 is 1.32 bits per heavy atom. The van der Waals surface area contributed by atoms with Crippen LogP contribution in [0.1, 0.15) is 30.2 Å². The van der Waals surface area contributed by atoms with Crippen LogP contribution in [0.3, 0.4) is 0 Å². The van der Waals surface area contributed by atoms with Crippen LogP contribution in [0.25, 0.3) is 0 Å². The van der Waals surface area contributed by atoms with E-state index in [9.17, 15) is 18.0 Å². The Kier molecular flexibility index (Phi) is 4.90. The van der Waals surface area contributed by atoms with Gasteiger partial charge >= 0.3 is 0 Å². The molecular weight excluding hydrogens is 308 g/mol. The Labute approximate surface area is 129 Å². The number of furan rings is 1. The summed E-state index contributed by atoms with van der Waals surface area (Å²) in [6.07, 6.45) is 0.685. The minimum absolute atomic E-state index is 0.0303. The lowest BCUT2D eigenvalue weighted by atomic mass is 10.2. The van der Waals surface area contributed by atoms with Crippen LogP contribution >= 0.6 is 0 Å². The lowest BCUT2D eigenvalue weighted by Crippen LogP contribution is -2.51. The van der Waals surface area contributed by atoms with E-state index in [1.165, 1.54) is 4.90 Å². The third kappa shape index (κ3) is 3.88. The van der Waals surface area contributed by atoms with Gasteiger partial charge in [-0.2, -0.15) is 0 Å². The zero-order chi connectivity index (χ0) is 16.3. The standard InChI is InChI=1S/C14H20N2O5S/c1-3-11-4-5-12(21-11)13(17)15-10(2)14(18)16-6-8-22(19,20)9-7-16/h4-5,10H,3,6-9H2,1-2H3,(H,15,17). The first-order chi connectivity index (χ1) is 10.3. The van der Waals surface area contributed by atoms with Crippen molar-refractivity contribution in [2.45, 2.75) is 26.3 Å².